The van der Waals surface area contributed by atoms with Crippen LogP contribution in [-0.2, 0) is 0 Å². The fourth-order valence-corrected chi connectivity index (χ4v) is 0.962. The maximum absolute atomic E-state index is 7.08. The standard InChI is InChI=1S/C5H8BrClN2/c1-9-3-4(2-7)5(6)8/h3,8-9H,2H2,1H3/b4-3-,8-5?. The van der Waals surface area contributed by atoms with Gasteiger partial charge in [0.05, 0.1) is 5.88 Å². The van der Waals surface area contributed by atoms with Gasteiger partial charge in [0.15, 0.2) is 0 Å². The molecule has 0 aliphatic heterocycles. The lowest BCUT2D eigenvalue weighted by Gasteiger charge is -1.96. The maximum atomic E-state index is 7.08. The molecule has 0 rings (SSSR count). The van der Waals surface area contributed by atoms with Crippen molar-refractivity contribution < 1.29 is 0 Å². The second kappa shape index (κ2) is 4.82. The molecule has 0 heterocycles. The number of nitrogens with one attached hydrogen (secondary N) is 2. The molecule has 2 nitrogen and oxygen atoms in total. The van der Waals surface area contributed by atoms with Crippen LogP contribution in [0, 0.1) is 5.41 Å². The van der Waals surface area contributed by atoms with Crippen LogP contribution in [0.2, 0.25) is 0 Å². The van der Waals surface area contributed by atoms with E-state index in [4.69, 9.17) is 17.0 Å². The predicted molar refractivity (Wildman–Crippen MR) is 44.5 cm³/mol. The van der Waals surface area contributed by atoms with Gasteiger partial charge in [0.2, 0.25) is 0 Å². The average molecular weight is 211 g/mol. The Balaban J connectivity index is 3.98. The van der Waals surface area contributed by atoms with Gasteiger partial charge in [-0.1, -0.05) is 0 Å². The summed E-state index contributed by atoms with van der Waals surface area (Å²) in [5.41, 5.74) is 0.749. The van der Waals surface area contributed by atoms with Gasteiger partial charge in [0.1, 0.15) is 4.62 Å². The van der Waals surface area contributed by atoms with E-state index in [1.165, 1.54) is 0 Å². The van der Waals surface area contributed by atoms with Gasteiger partial charge in [0, 0.05) is 18.8 Å². The lowest BCUT2D eigenvalue weighted by molar-refractivity contribution is 1.09. The van der Waals surface area contributed by atoms with Gasteiger partial charge in [-0.15, -0.1) is 11.6 Å². The molecule has 52 valence electrons. The van der Waals surface area contributed by atoms with Gasteiger partial charge in [-0.2, -0.15) is 0 Å². The maximum Gasteiger partial charge on any atom is 0.103 e. The second-order valence-electron chi connectivity index (χ2n) is 1.41. The van der Waals surface area contributed by atoms with E-state index >= 15 is 0 Å². The van der Waals surface area contributed by atoms with Crippen LogP contribution in [0.3, 0.4) is 0 Å². The fraction of sp³-hybridized carbons (Fsp3) is 0.400. The quantitative estimate of drug-likeness (QED) is 0.541. The normalized spacial score (nSPS) is 11.2. The highest BCUT2D eigenvalue weighted by molar-refractivity contribution is 9.18. The minimum Gasteiger partial charge on any atom is -0.394 e. The zero-order chi connectivity index (χ0) is 7.28. The molecule has 0 aromatic rings. The van der Waals surface area contributed by atoms with Crippen LogP contribution in [0.25, 0.3) is 0 Å². The molecule has 0 atom stereocenters. The predicted octanol–water partition coefficient (Wildman–Crippen LogP) is 1.70. The third-order valence-corrected chi connectivity index (χ3v) is 1.54. The summed E-state index contributed by atoms with van der Waals surface area (Å²) in [7, 11) is 1.77. The summed E-state index contributed by atoms with van der Waals surface area (Å²) in [6.45, 7) is 0. The van der Waals surface area contributed by atoms with Crippen molar-refractivity contribution >= 4 is 32.2 Å². The Morgan fingerprint density at radius 1 is 1.89 bits per heavy atom. The van der Waals surface area contributed by atoms with Crippen molar-refractivity contribution in [1.29, 1.82) is 5.41 Å². The van der Waals surface area contributed by atoms with E-state index < -0.39 is 0 Å². The Morgan fingerprint density at radius 3 is 2.56 bits per heavy atom. The topological polar surface area (TPSA) is 35.9 Å². The lowest BCUT2D eigenvalue weighted by Crippen LogP contribution is -2.01. The molecule has 0 saturated heterocycles. The number of hydrogen-bond donors (Lipinski definition) is 2. The zero-order valence-corrected chi connectivity index (χ0v) is 7.38. The Kier molecular flexibility index (Phi) is 4.81. The van der Waals surface area contributed by atoms with Crippen LogP contribution >= 0.6 is 27.5 Å². The molecule has 0 bridgehead atoms. The largest absolute Gasteiger partial charge is 0.394 e. The first-order valence-electron chi connectivity index (χ1n) is 2.39. The lowest BCUT2D eigenvalue weighted by atomic mass is 10.4. The van der Waals surface area contributed by atoms with Crippen LogP contribution in [-0.4, -0.2) is 17.5 Å². The Hall–Kier alpha value is -0.0200. The molecule has 0 saturated carbocycles. The van der Waals surface area contributed by atoms with Gasteiger partial charge in [0.25, 0.3) is 0 Å². The number of hydrogen-bond acceptors (Lipinski definition) is 2. The van der Waals surface area contributed by atoms with E-state index in [1.54, 1.807) is 13.2 Å². The fourth-order valence-electron chi connectivity index (χ4n) is 0.335. The molecule has 0 aliphatic carbocycles. The van der Waals surface area contributed by atoms with Crippen molar-refractivity contribution in [2.24, 2.45) is 0 Å². The first kappa shape index (κ1) is 8.98. The summed E-state index contributed by atoms with van der Waals surface area (Å²) in [5.74, 6) is 0.352. The monoisotopic (exact) mass is 210 g/mol. The van der Waals surface area contributed by atoms with Gasteiger partial charge in [-0.25, -0.2) is 0 Å². The van der Waals surface area contributed by atoms with Crippen molar-refractivity contribution in [3.63, 3.8) is 0 Å². The smallest absolute Gasteiger partial charge is 0.103 e. The van der Waals surface area contributed by atoms with E-state index in [0.717, 1.165) is 5.57 Å². The molecule has 0 spiro atoms. The van der Waals surface area contributed by atoms with Crippen LogP contribution < -0.4 is 5.32 Å². The molecule has 0 radical (unpaired) electrons. The number of halogens is 2. The molecule has 0 aromatic heterocycles. The average Bonchev–Trinajstić information content (AvgIpc) is 1.82. The third kappa shape index (κ3) is 3.54. The molecule has 0 amide bonds. The van der Waals surface area contributed by atoms with Crippen molar-refractivity contribution in [3.8, 4) is 0 Å². The first-order chi connectivity index (χ1) is 4.22. The molecule has 0 fully saturated rings. The molecule has 0 aromatic carbocycles. The second-order valence-corrected chi connectivity index (χ2v) is 2.47. The van der Waals surface area contributed by atoms with Gasteiger partial charge in [-0.3, -0.25) is 5.41 Å². The highest BCUT2D eigenvalue weighted by Gasteiger charge is 1.96. The Morgan fingerprint density at radius 2 is 2.44 bits per heavy atom. The molecular formula is C5H8BrClN2. The first-order valence-corrected chi connectivity index (χ1v) is 3.71. The number of allylic oxidation sites excluding steroid dienone is 1. The molecule has 4 heteroatoms. The highest BCUT2D eigenvalue weighted by Crippen LogP contribution is 2.03. The number of alkyl halides is 1. The van der Waals surface area contributed by atoms with Crippen molar-refractivity contribution in [2.75, 3.05) is 12.9 Å². The molecular weight excluding hydrogens is 203 g/mol. The summed E-state index contributed by atoms with van der Waals surface area (Å²) in [4.78, 5) is 0. The Labute approximate surface area is 67.9 Å². The summed E-state index contributed by atoms with van der Waals surface area (Å²) >= 11 is 8.45. The SMILES string of the molecule is CN/C=C(/CCl)C(=N)Br. The van der Waals surface area contributed by atoms with Crippen LogP contribution in [0.4, 0.5) is 0 Å². The summed E-state index contributed by atoms with van der Waals surface area (Å²) in [6, 6.07) is 0. The molecule has 0 unspecified atom stereocenters. The van der Waals surface area contributed by atoms with Crippen LogP contribution in [0.5, 0.6) is 0 Å². The van der Waals surface area contributed by atoms with E-state index in [2.05, 4.69) is 21.2 Å². The highest BCUT2D eigenvalue weighted by atomic mass is 79.9. The van der Waals surface area contributed by atoms with Crippen molar-refractivity contribution in [2.45, 2.75) is 0 Å². The summed E-state index contributed by atoms with van der Waals surface area (Å²) in [5, 5.41) is 9.86. The summed E-state index contributed by atoms with van der Waals surface area (Å²) < 4.78 is 0.326. The van der Waals surface area contributed by atoms with Gasteiger partial charge in [-0.05, 0) is 15.9 Å². The molecule has 9 heavy (non-hydrogen) atoms. The van der Waals surface area contributed by atoms with Gasteiger partial charge >= 0.3 is 0 Å². The van der Waals surface area contributed by atoms with E-state index in [0.29, 0.717) is 10.5 Å². The van der Waals surface area contributed by atoms with E-state index in [1.807, 2.05) is 0 Å². The molecule has 2 N–H and O–H groups in total. The zero-order valence-electron chi connectivity index (χ0n) is 5.04. The van der Waals surface area contributed by atoms with Crippen molar-refractivity contribution in [1.82, 2.24) is 5.32 Å². The minimum atomic E-state index is 0.326. The van der Waals surface area contributed by atoms with Gasteiger partial charge < -0.3 is 5.32 Å². The third-order valence-electron chi connectivity index (χ3n) is 0.744. The van der Waals surface area contributed by atoms with Crippen LogP contribution in [0.15, 0.2) is 11.8 Å². The number of rotatable bonds is 3. The van der Waals surface area contributed by atoms with Crippen molar-refractivity contribution in [3.05, 3.63) is 11.8 Å². The summed E-state index contributed by atoms with van der Waals surface area (Å²) in [6.07, 6.45) is 1.68. The van der Waals surface area contributed by atoms with E-state index in [9.17, 15) is 0 Å². The minimum absolute atomic E-state index is 0.326. The van der Waals surface area contributed by atoms with E-state index in [-0.39, 0.29) is 0 Å². The Bertz CT molecular complexity index is 133. The van der Waals surface area contributed by atoms with Crippen LogP contribution in [0.1, 0.15) is 0 Å². The molecule has 0 aliphatic rings.